The molecule has 0 aliphatic rings. The predicted octanol–water partition coefficient (Wildman–Crippen LogP) is 2.45. The van der Waals surface area contributed by atoms with Crippen molar-refractivity contribution < 1.29 is 5.21 Å². The highest BCUT2D eigenvalue weighted by molar-refractivity contribution is 5.74. The molecule has 2 aromatic carbocycles. The molecule has 0 amide bonds. The van der Waals surface area contributed by atoms with Gasteiger partial charge >= 0.3 is 0 Å². The molecule has 0 saturated carbocycles. The molecule has 0 bridgehead atoms. The van der Waals surface area contributed by atoms with E-state index >= 15 is 0 Å². The molecule has 0 spiro atoms. The van der Waals surface area contributed by atoms with E-state index in [0.717, 1.165) is 22.5 Å². The summed E-state index contributed by atoms with van der Waals surface area (Å²) in [6, 6.07) is 14.0. The normalized spacial score (nSPS) is 11.1. The summed E-state index contributed by atoms with van der Waals surface area (Å²) in [6.07, 6.45) is 6.22. The van der Waals surface area contributed by atoms with E-state index < -0.39 is 0 Å². The van der Waals surface area contributed by atoms with Crippen LogP contribution in [-0.4, -0.2) is 29.9 Å². The Labute approximate surface area is 126 Å². The summed E-state index contributed by atoms with van der Waals surface area (Å²) >= 11 is 0. The van der Waals surface area contributed by atoms with Gasteiger partial charge < -0.3 is 9.77 Å². The lowest BCUT2D eigenvalue weighted by atomic mass is 10.0. The van der Waals surface area contributed by atoms with Crippen LogP contribution in [0.1, 0.15) is 11.1 Å². The lowest BCUT2D eigenvalue weighted by molar-refractivity contribution is 0.154. The summed E-state index contributed by atoms with van der Waals surface area (Å²) in [5.74, 6) is 0. The van der Waals surface area contributed by atoms with Crippen LogP contribution in [0, 0.1) is 0 Å². The third-order valence-corrected chi connectivity index (χ3v) is 3.66. The Hall–Kier alpha value is -3.15. The summed E-state index contributed by atoms with van der Waals surface area (Å²) in [6.45, 7) is 0. The number of hydrogen-bond donors (Lipinski definition) is 1. The van der Waals surface area contributed by atoms with Gasteiger partial charge in [-0.2, -0.15) is 0 Å². The van der Waals surface area contributed by atoms with Gasteiger partial charge in [0, 0.05) is 18.1 Å². The highest BCUT2D eigenvalue weighted by Crippen LogP contribution is 2.20. The van der Waals surface area contributed by atoms with Crippen molar-refractivity contribution in [3.05, 3.63) is 72.3 Å². The fourth-order valence-electron chi connectivity index (χ4n) is 2.60. The van der Waals surface area contributed by atoms with Gasteiger partial charge in [0.25, 0.3) is 0 Å². The Morgan fingerprint density at radius 3 is 2.86 bits per heavy atom. The summed E-state index contributed by atoms with van der Waals surface area (Å²) in [4.78, 5) is 4.91. The smallest absolute Gasteiger partial charge is 0.130 e. The fraction of sp³-hybridized carbons (Fsp3) is 0.0625. The number of nitrogens with zero attached hydrogens (tertiary/aromatic N) is 5. The van der Waals surface area contributed by atoms with E-state index in [2.05, 4.69) is 27.4 Å². The molecule has 0 saturated heterocycles. The van der Waals surface area contributed by atoms with Crippen LogP contribution in [0.5, 0.6) is 0 Å². The number of rotatable bonds is 3. The topological polar surface area (TPSA) is 68.8 Å². The maximum absolute atomic E-state index is 9.64. The summed E-state index contributed by atoms with van der Waals surface area (Å²) < 4.78 is 1.99. The van der Waals surface area contributed by atoms with Crippen LogP contribution in [0.15, 0.2) is 61.2 Å². The Balaban J connectivity index is 1.75. The molecular formula is C16H13N5O. The van der Waals surface area contributed by atoms with Crippen molar-refractivity contribution in [1.29, 1.82) is 0 Å². The molecule has 0 unspecified atom stereocenters. The average molecular weight is 291 g/mol. The zero-order valence-electron chi connectivity index (χ0n) is 11.7. The lowest BCUT2D eigenvalue weighted by Crippen LogP contribution is -1.99. The molecule has 0 atom stereocenters. The maximum Gasteiger partial charge on any atom is 0.130 e. The number of para-hydroxylation sites is 1. The molecule has 2 heterocycles. The van der Waals surface area contributed by atoms with Gasteiger partial charge in [-0.25, -0.2) is 4.98 Å². The average Bonchev–Trinajstić information content (AvgIpc) is 3.19. The quantitative estimate of drug-likeness (QED) is 0.589. The van der Waals surface area contributed by atoms with E-state index in [9.17, 15) is 5.21 Å². The van der Waals surface area contributed by atoms with Crippen molar-refractivity contribution >= 4 is 11.0 Å². The van der Waals surface area contributed by atoms with E-state index in [1.54, 1.807) is 12.5 Å². The second kappa shape index (κ2) is 5.00. The molecule has 2 aromatic heterocycles. The molecular weight excluding hydrogens is 278 g/mol. The molecule has 1 N–H and O–H groups in total. The maximum atomic E-state index is 9.64. The van der Waals surface area contributed by atoms with Crippen LogP contribution in [-0.2, 0) is 6.42 Å². The van der Waals surface area contributed by atoms with Crippen molar-refractivity contribution in [1.82, 2.24) is 24.7 Å². The zero-order valence-corrected chi connectivity index (χ0v) is 11.7. The molecule has 0 aliphatic carbocycles. The van der Waals surface area contributed by atoms with Crippen LogP contribution in [0.2, 0.25) is 0 Å². The summed E-state index contributed by atoms with van der Waals surface area (Å²) in [5.41, 5.74) is 4.64. The van der Waals surface area contributed by atoms with Gasteiger partial charge in [-0.15, -0.1) is 5.10 Å². The molecule has 6 heteroatoms. The van der Waals surface area contributed by atoms with Gasteiger partial charge in [-0.05, 0) is 41.0 Å². The molecule has 0 radical (unpaired) electrons. The van der Waals surface area contributed by atoms with Crippen molar-refractivity contribution in [2.45, 2.75) is 6.42 Å². The van der Waals surface area contributed by atoms with Crippen molar-refractivity contribution in [2.24, 2.45) is 0 Å². The third-order valence-electron chi connectivity index (χ3n) is 3.66. The number of benzene rings is 2. The lowest BCUT2D eigenvalue weighted by Gasteiger charge is -2.10. The standard InChI is InChI=1S/C16H13N5O/c22-21-16-10-12(5-6-14(16)18-19-21)9-13-3-1-2-4-15(13)20-8-7-17-11-20/h1-8,10-11,22H,9H2. The first-order chi connectivity index (χ1) is 10.8. The number of fused-ring (bicyclic) bond motifs is 1. The van der Waals surface area contributed by atoms with Crippen LogP contribution in [0.25, 0.3) is 16.7 Å². The van der Waals surface area contributed by atoms with Crippen molar-refractivity contribution in [2.75, 3.05) is 0 Å². The molecule has 4 aromatic rings. The monoisotopic (exact) mass is 291 g/mol. The molecule has 0 fully saturated rings. The van der Waals surface area contributed by atoms with E-state index in [1.165, 1.54) is 5.56 Å². The van der Waals surface area contributed by atoms with E-state index in [4.69, 9.17) is 0 Å². The van der Waals surface area contributed by atoms with Crippen LogP contribution in [0.3, 0.4) is 0 Å². The largest absolute Gasteiger partial charge is 0.410 e. The SMILES string of the molecule is On1nnc2ccc(Cc3ccccc3-n3ccnc3)cc21. The first kappa shape index (κ1) is 12.6. The van der Waals surface area contributed by atoms with Gasteiger partial charge in [0.15, 0.2) is 0 Å². The van der Waals surface area contributed by atoms with Gasteiger partial charge in [0.05, 0.1) is 6.33 Å². The molecule has 0 aliphatic heterocycles. The molecule has 4 rings (SSSR count). The van der Waals surface area contributed by atoms with Crippen LogP contribution in [0.4, 0.5) is 0 Å². The van der Waals surface area contributed by atoms with E-state index in [0.29, 0.717) is 11.0 Å². The Morgan fingerprint density at radius 1 is 1.09 bits per heavy atom. The van der Waals surface area contributed by atoms with Gasteiger partial charge in [0.2, 0.25) is 0 Å². The number of hydrogen-bond acceptors (Lipinski definition) is 4. The third kappa shape index (κ3) is 2.10. The number of imidazole rings is 1. The Morgan fingerprint density at radius 2 is 2.00 bits per heavy atom. The fourth-order valence-corrected chi connectivity index (χ4v) is 2.60. The van der Waals surface area contributed by atoms with Crippen LogP contribution >= 0.6 is 0 Å². The second-order valence-electron chi connectivity index (χ2n) is 5.08. The van der Waals surface area contributed by atoms with Crippen molar-refractivity contribution in [3.63, 3.8) is 0 Å². The van der Waals surface area contributed by atoms with E-state index in [1.807, 2.05) is 41.1 Å². The molecule has 22 heavy (non-hydrogen) atoms. The van der Waals surface area contributed by atoms with Crippen molar-refractivity contribution in [3.8, 4) is 5.69 Å². The number of aromatic nitrogens is 5. The predicted molar refractivity (Wildman–Crippen MR) is 81.1 cm³/mol. The van der Waals surface area contributed by atoms with E-state index in [-0.39, 0.29) is 0 Å². The zero-order chi connectivity index (χ0) is 14.9. The first-order valence-corrected chi connectivity index (χ1v) is 6.91. The minimum Gasteiger partial charge on any atom is -0.410 e. The summed E-state index contributed by atoms with van der Waals surface area (Å²) in [5, 5.41) is 17.1. The minimum absolute atomic E-state index is 0.609. The minimum atomic E-state index is 0.609. The van der Waals surface area contributed by atoms with Gasteiger partial charge in [-0.3, -0.25) is 0 Å². The Bertz CT molecular complexity index is 927. The van der Waals surface area contributed by atoms with Crippen LogP contribution < -0.4 is 0 Å². The first-order valence-electron chi connectivity index (χ1n) is 6.91. The Kier molecular flexibility index (Phi) is 2.86. The summed E-state index contributed by atoms with van der Waals surface area (Å²) in [7, 11) is 0. The second-order valence-corrected chi connectivity index (χ2v) is 5.08. The van der Waals surface area contributed by atoms with Gasteiger partial charge in [0.1, 0.15) is 11.0 Å². The molecule has 6 nitrogen and oxygen atoms in total. The molecule has 108 valence electrons. The highest BCUT2D eigenvalue weighted by atomic mass is 16.5. The highest BCUT2D eigenvalue weighted by Gasteiger charge is 2.08. The van der Waals surface area contributed by atoms with Gasteiger partial charge in [-0.1, -0.05) is 29.1 Å².